The standard InChI is InChI=1S/C17H17BrFNO/c1-20-16(10-13-9-14(18)3-4-15(13)19)11-2-5-17-12(8-11)6-7-21-17/h2-5,8-9,16,20H,6-7,10H2,1H3. The number of nitrogens with one attached hydrogen (secondary N) is 1. The molecule has 0 bridgehead atoms. The van der Waals surface area contributed by atoms with Gasteiger partial charge in [-0.05, 0) is 54.4 Å². The van der Waals surface area contributed by atoms with Crippen molar-refractivity contribution in [2.45, 2.75) is 18.9 Å². The molecule has 3 rings (SSSR count). The minimum absolute atomic E-state index is 0.0831. The highest BCUT2D eigenvalue weighted by Crippen LogP contribution is 2.30. The van der Waals surface area contributed by atoms with Crippen molar-refractivity contribution in [3.05, 3.63) is 63.4 Å². The van der Waals surface area contributed by atoms with Gasteiger partial charge in [0.1, 0.15) is 11.6 Å². The molecule has 21 heavy (non-hydrogen) atoms. The molecule has 0 spiro atoms. The van der Waals surface area contributed by atoms with Crippen molar-refractivity contribution in [1.82, 2.24) is 5.32 Å². The lowest BCUT2D eigenvalue weighted by Gasteiger charge is -2.18. The molecule has 1 aliphatic heterocycles. The molecule has 2 aromatic rings. The summed E-state index contributed by atoms with van der Waals surface area (Å²) in [6.07, 6.45) is 1.56. The summed E-state index contributed by atoms with van der Waals surface area (Å²) < 4.78 is 20.4. The van der Waals surface area contributed by atoms with Crippen LogP contribution in [0.15, 0.2) is 40.9 Å². The van der Waals surface area contributed by atoms with E-state index in [-0.39, 0.29) is 11.9 Å². The van der Waals surface area contributed by atoms with Crippen LogP contribution < -0.4 is 10.1 Å². The van der Waals surface area contributed by atoms with E-state index in [1.54, 1.807) is 6.07 Å². The minimum Gasteiger partial charge on any atom is -0.493 e. The molecule has 4 heteroatoms. The highest BCUT2D eigenvalue weighted by Gasteiger charge is 2.17. The Morgan fingerprint density at radius 2 is 2.14 bits per heavy atom. The Kier molecular flexibility index (Phi) is 4.27. The second-order valence-corrected chi connectivity index (χ2v) is 6.16. The number of hydrogen-bond acceptors (Lipinski definition) is 2. The first-order valence-corrected chi connectivity index (χ1v) is 7.83. The number of likely N-dealkylation sites (N-methyl/N-ethyl adjacent to an activating group) is 1. The molecule has 0 saturated heterocycles. The lowest BCUT2D eigenvalue weighted by Crippen LogP contribution is -2.19. The van der Waals surface area contributed by atoms with Crippen molar-refractivity contribution in [1.29, 1.82) is 0 Å². The van der Waals surface area contributed by atoms with Crippen molar-refractivity contribution in [3.63, 3.8) is 0 Å². The van der Waals surface area contributed by atoms with Crippen LogP contribution in [0.5, 0.6) is 5.75 Å². The molecule has 1 N–H and O–H groups in total. The highest BCUT2D eigenvalue weighted by atomic mass is 79.9. The van der Waals surface area contributed by atoms with Gasteiger partial charge in [-0.15, -0.1) is 0 Å². The first-order valence-electron chi connectivity index (χ1n) is 7.04. The van der Waals surface area contributed by atoms with E-state index in [0.717, 1.165) is 23.2 Å². The second-order valence-electron chi connectivity index (χ2n) is 5.25. The Bertz CT molecular complexity index is 659. The Hall–Kier alpha value is -1.39. The van der Waals surface area contributed by atoms with Crippen molar-refractivity contribution in [2.75, 3.05) is 13.7 Å². The predicted octanol–water partition coefficient (Wildman–Crippen LogP) is 4.03. The molecule has 0 radical (unpaired) electrons. The van der Waals surface area contributed by atoms with E-state index in [1.165, 1.54) is 17.2 Å². The fraction of sp³-hybridized carbons (Fsp3) is 0.294. The zero-order valence-corrected chi connectivity index (χ0v) is 13.4. The van der Waals surface area contributed by atoms with Gasteiger partial charge in [0.25, 0.3) is 0 Å². The van der Waals surface area contributed by atoms with Gasteiger partial charge < -0.3 is 10.1 Å². The molecule has 1 unspecified atom stereocenters. The average Bonchev–Trinajstić information content (AvgIpc) is 2.95. The number of halogens is 2. The molecule has 0 amide bonds. The van der Waals surface area contributed by atoms with E-state index in [2.05, 4.69) is 33.4 Å². The topological polar surface area (TPSA) is 21.3 Å². The Morgan fingerprint density at radius 3 is 2.95 bits per heavy atom. The summed E-state index contributed by atoms with van der Waals surface area (Å²) in [4.78, 5) is 0. The van der Waals surface area contributed by atoms with E-state index < -0.39 is 0 Å². The Morgan fingerprint density at radius 1 is 1.29 bits per heavy atom. The van der Waals surface area contributed by atoms with E-state index in [9.17, 15) is 4.39 Å². The summed E-state index contributed by atoms with van der Waals surface area (Å²) >= 11 is 3.40. The van der Waals surface area contributed by atoms with Gasteiger partial charge in [-0.2, -0.15) is 0 Å². The second kappa shape index (κ2) is 6.16. The monoisotopic (exact) mass is 349 g/mol. The summed E-state index contributed by atoms with van der Waals surface area (Å²) in [5, 5.41) is 3.28. The van der Waals surface area contributed by atoms with E-state index in [1.807, 2.05) is 19.2 Å². The van der Waals surface area contributed by atoms with Crippen LogP contribution in [0.2, 0.25) is 0 Å². The summed E-state index contributed by atoms with van der Waals surface area (Å²) in [7, 11) is 1.91. The number of ether oxygens (including phenoxy) is 1. The van der Waals surface area contributed by atoms with E-state index in [4.69, 9.17) is 4.74 Å². The summed E-state index contributed by atoms with van der Waals surface area (Å²) in [5.74, 6) is 0.810. The van der Waals surface area contributed by atoms with Crippen molar-refractivity contribution >= 4 is 15.9 Å². The number of rotatable bonds is 4. The largest absolute Gasteiger partial charge is 0.493 e. The molecule has 1 aliphatic rings. The smallest absolute Gasteiger partial charge is 0.126 e. The van der Waals surface area contributed by atoms with Crippen LogP contribution in [0.4, 0.5) is 4.39 Å². The fourth-order valence-corrected chi connectivity index (χ4v) is 3.14. The van der Waals surface area contributed by atoms with Crippen LogP contribution in [-0.2, 0) is 12.8 Å². The highest BCUT2D eigenvalue weighted by molar-refractivity contribution is 9.10. The van der Waals surface area contributed by atoms with Crippen LogP contribution in [0.25, 0.3) is 0 Å². The van der Waals surface area contributed by atoms with Gasteiger partial charge >= 0.3 is 0 Å². The molecular formula is C17H17BrFNO. The molecule has 1 heterocycles. The predicted molar refractivity (Wildman–Crippen MR) is 85.2 cm³/mol. The maximum atomic E-state index is 13.9. The first-order chi connectivity index (χ1) is 10.2. The molecule has 1 atom stereocenters. The SMILES string of the molecule is CNC(Cc1cc(Br)ccc1F)c1ccc2c(c1)CCO2. The van der Waals surface area contributed by atoms with Gasteiger partial charge in [-0.3, -0.25) is 0 Å². The van der Waals surface area contributed by atoms with E-state index in [0.29, 0.717) is 12.0 Å². The third kappa shape index (κ3) is 3.11. The third-order valence-corrected chi connectivity index (χ3v) is 4.39. The molecule has 2 aromatic carbocycles. The number of hydrogen-bond donors (Lipinski definition) is 1. The summed E-state index contributed by atoms with van der Waals surface area (Å²) in [5.41, 5.74) is 3.11. The maximum absolute atomic E-state index is 13.9. The van der Waals surface area contributed by atoms with Crippen LogP contribution in [0.3, 0.4) is 0 Å². The van der Waals surface area contributed by atoms with Gasteiger partial charge in [0.2, 0.25) is 0 Å². The summed E-state index contributed by atoms with van der Waals surface area (Å²) in [6.45, 7) is 0.753. The first kappa shape index (κ1) is 14.5. The fourth-order valence-electron chi connectivity index (χ4n) is 2.73. The molecule has 0 aromatic heterocycles. The van der Waals surface area contributed by atoms with Gasteiger partial charge in [-0.1, -0.05) is 28.1 Å². The Labute approximate surface area is 132 Å². The maximum Gasteiger partial charge on any atom is 0.126 e. The number of benzene rings is 2. The van der Waals surface area contributed by atoms with Crippen molar-refractivity contribution in [3.8, 4) is 5.75 Å². The van der Waals surface area contributed by atoms with Gasteiger partial charge in [0.05, 0.1) is 6.61 Å². The quantitative estimate of drug-likeness (QED) is 0.899. The van der Waals surface area contributed by atoms with Crippen molar-refractivity contribution < 1.29 is 9.13 Å². The minimum atomic E-state index is -0.164. The Balaban J connectivity index is 1.86. The molecule has 0 aliphatic carbocycles. The normalized spacial score (nSPS) is 14.6. The molecule has 0 saturated carbocycles. The van der Waals surface area contributed by atoms with Crippen molar-refractivity contribution in [2.24, 2.45) is 0 Å². The van der Waals surface area contributed by atoms with E-state index >= 15 is 0 Å². The van der Waals surface area contributed by atoms with Gasteiger partial charge in [0, 0.05) is 16.9 Å². The van der Waals surface area contributed by atoms with Crippen LogP contribution in [0.1, 0.15) is 22.7 Å². The van der Waals surface area contributed by atoms with Crippen LogP contribution >= 0.6 is 15.9 Å². The molecule has 0 fully saturated rings. The molecular weight excluding hydrogens is 333 g/mol. The van der Waals surface area contributed by atoms with Gasteiger partial charge in [-0.25, -0.2) is 4.39 Å². The van der Waals surface area contributed by atoms with Gasteiger partial charge in [0.15, 0.2) is 0 Å². The lowest BCUT2D eigenvalue weighted by atomic mass is 9.96. The van der Waals surface area contributed by atoms with Crippen LogP contribution in [0, 0.1) is 5.82 Å². The molecule has 110 valence electrons. The summed E-state index contributed by atoms with van der Waals surface area (Å²) in [6, 6.07) is 11.4. The average molecular weight is 350 g/mol. The lowest BCUT2D eigenvalue weighted by molar-refractivity contribution is 0.356. The third-order valence-electron chi connectivity index (χ3n) is 3.90. The molecule has 2 nitrogen and oxygen atoms in total. The zero-order valence-electron chi connectivity index (χ0n) is 11.8. The van der Waals surface area contributed by atoms with Crippen LogP contribution in [-0.4, -0.2) is 13.7 Å². The zero-order chi connectivity index (χ0) is 14.8. The number of fused-ring (bicyclic) bond motifs is 1.